The third-order valence-electron chi connectivity index (χ3n) is 6.05. The molecule has 1 saturated heterocycles. The fourth-order valence-corrected chi connectivity index (χ4v) is 5.08. The number of hydrogen-bond acceptors (Lipinski definition) is 5. The molecule has 1 heterocycles. The molecule has 1 amide bonds. The largest absolute Gasteiger partial charge is 0.489 e. The van der Waals surface area contributed by atoms with Crippen molar-refractivity contribution in [1.29, 1.82) is 0 Å². The van der Waals surface area contributed by atoms with Gasteiger partial charge in [0.1, 0.15) is 12.4 Å². The minimum atomic E-state index is -3.14. The van der Waals surface area contributed by atoms with Gasteiger partial charge in [-0.05, 0) is 54.4 Å². The first kappa shape index (κ1) is 24.9. The molecular formula is C27H31N3O4S. The van der Waals surface area contributed by atoms with E-state index >= 15 is 0 Å². The van der Waals surface area contributed by atoms with Crippen molar-refractivity contribution in [3.63, 3.8) is 0 Å². The number of carbonyl (C=O) groups is 1. The number of carbonyl (C=O) groups excluding carboxylic acids is 1. The average molecular weight is 494 g/mol. The Morgan fingerprint density at radius 1 is 0.886 bits per heavy atom. The molecule has 0 radical (unpaired) electrons. The second-order valence-electron chi connectivity index (χ2n) is 8.53. The highest BCUT2D eigenvalue weighted by Gasteiger charge is 2.25. The van der Waals surface area contributed by atoms with E-state index in [1.807, 2.05) is 72.8 Å². The number of ether oxygens (including phenoxy) is 1. The molecule has 35 heavy (non-hydrogen) atoms. The number of amides is 1. The zero-order valence-electron chi connectivity index (χ0n) is 19.9. The lowest BCUT2D eigenvalue weighted by Crippen LogP contribution is -2.48. The van der Waals surface area contributed by atoms with Crippen LogP contribution in [0.1, 0.15) is 28.4 Å². The van der Waals surface area contributed by atoms with Crippen LogP contribution >= 0.6 is 0 Å². The number of anilines is 1. The van der Waals surface area contributed by atoms with E-state index in [0.717, 1.165) is 16.9 Å². The van der Waals surface area contributed by atoms with Crippen molar-refractivity contribution < 1.29 is 17.9 Å². The number of sulfonamides is 1. The molecule has 1 aliphatic rings. The van der Waals surface area contributed by atoms with Crippen molar-refractivity contribution in [3.8, 4) is 5.75 Å². The van der Waals surface area contributed by atoms with Gasteiger partial charge in [0.25, 0.3) is 5.91 Å². The zero-order chi connectivity index (χ0) is 24.7. The van der Waals surface area contributed by atoms with Crippen LogP contribution in [0, 0.1) is 0 Å². The Morgan fingerprint density at radius 3 is 2.26 bits per heavy atom. The summed E-state index contributed by atoms with van der Waals surface area (Å²) in [5, 5.41) is 2.94. The third kappa shape index (κ3) is 6.91. The Morgan fingerprint density at radius 2 is 1.57 bits per heavy atom. The number of piperazine rings is 1. The molecule has 0 aliphatic carbocycles. The van der Waals surface area contributed by atoms with E-state index in [4.69, 9.17) is 4.74 Å². The molecule has 0 aromatic heterocycles. The van der Waals surface area contributed by atoms with Crippen LogP contribution < -0.4 is 10.1 Å². The Bertz CT molecular complexity index is 1220. The van der Waals surface area contributed by atoms with E-state index in [1.54, 1.807) is 17.3 Å². The molecule has 0 bridgehead atoms. The predicted octanol–water partition coefficient (Wildman–Crippen LogP) is 3.99. The minimum Gasteiger partial charge on any atom is -0.489 e. The van der Waals surface area contributed by atoms with Gasteiger partial charge in [-0.15, -0.1) is 0 Å². The maximum absolute atomic E-state index is 12.8. The van der Waals surface area contributed by atoms with E-state index in [-0.39, 0.29) is 11.7 Å². The highest BCUT2D eigenvalue weighted by molar-refractivity contribution is 7.89. The minimum absolute atomic E-state index is 0.133. The summed E-state index contributed by atoms with van der Waals surface area (Å²) >= 11 is 0. The molecule has 0 unspecified atom stereocenters. The number of nitrogens with zero attached hydrogens (tertiary/aromatic N) is 2. The van der Waals surface area contributed by atoms with Crippen molar-refractivity contribution in [2.75, 3.05) is 37.2 Å². The fourth-order valence-electron chi connectivity index (χ4n) is 4.00. The van der Waals surface area contributed by atoms with E-state index in [1.165, 1.54) is 0 Å². The number of nitrogens with one attached hydrogen (secondary N) is 1. The topological polar surface area (TPSA) is 79.0 Å². The van der Waals surface area contributed by atoms with Gasteiger partial charge in [-0.25, -0.2) is 8.42 Å². The first-order valence-corrected chi connectivity index (χ1v) is 13.4. The van der Waals surface area contributed by atoms with Crippen LogP contribution in [0.4, 0.5) is 5.69 Å². The normalized spacial score (nSPS) is 15.0. The quantitative estimate of drug-likeness (QED) is 0.488. The molecule has 7 nitrogen and oxygen atoms in total. The van der Waals surface area contributed by atoms with Crippen molar-refractivity contribution in [2.24, 2.45) is 0 Å². The molecule has 0 spiro atoms. The second kappa shape index (κ2) is 11.5. The Labute approximate surface area is 207 Å². The molecule has 1 aliphatic heterocycles. The maximum Gasteiger partial charge on any atom is 0.255 e. The molecule has 184 valence electrons. The van der Waals surface area contributed by atoms with Gasteiger partial charge in [0.05, 0.1) is 5.75 Å². The lowest BCUT2D eigenvalue weighted by atomic mass is 10.1. The summed E-state index contributed by atoms with van der Waals surface area (Å²) in [5.41, 5.74) is 3.39. The first-order chi connectivity index (χ1) is 16.9. The molecule has 3 aromatic carbocycles. The van der Waals surface area contributed by atoms with Crippen LogP contribution in [0.15, 0.2) is 78.9 Å². The SMILES string of the molecule is CCS(=O)(=O)N1CCN(Cc2cccc(C(=O)Nc3ccc(OCc4ccccc4)cc3)c2)CC1. The summed E-state index contributed by atoms with van der Waals surface area (Å²) < 4.78 is 31.5. The smallest absolute Gasteiger partial charge is 0.255 e. The summed E-state index contributed by atoms with van der Waals surface area (Å²) in [6.45, 7) is 5.19. The van der Waals surface area contributed by atoms with Gasteiger partial charge >= 0.3 is 0 Å². The van der Waals surface area contributed by atoms with Crippen molar-refractivity contribution in [2.45, 2.75) is 20.1 Å². The van der Waals surface area contributed by atoms with E-state index in [0.29, 0.717) is 50.6 Å². The van der Waals surface area contributed by atoms with Gasteiger partial charge in [0.15, 0.2) is 0 Å². The van der Waals surface area contributed by atoms with E-state index < -0.39 is 10.0 Å². The molecule has 4 rings (SSSR count). The monoisotopic (exact) mass is 493 g/mol. The summed E-state index contributed by atoms with van der Waals surface area (Å²) in [5.74, 6) is 0.692. The number of benzene rings is 3. The zero-order valence-corrected chi connectivity index (χ0v) is 20.7. The molecule has 0 atom stereocenters. The van der Waals surface area contributed by atoms with Gasteiger partial charge in [0.2, 0.25) is 10.0 Å². The Hall–Kier alpha value is -3.20. The number of hydrogen-bond donors (Lipinski definition) is 1. The molecule has 3 aromatic rings. The van der Waals surface area contributed by atoms with E-state index in [2.05, 4.69) is 10.2 Å². The average Bonchev–Trinajstić information content (AvgIpc) is 2.89. The lowest BCUT2D eigenvalue weighted by molar-refractivity contribution is 0.102. The van der Waals surface area contributed by atoms with Crippen LogP contribution in [-0.2, 0) is 23.2 Å². The van der Waals surface area contributed by atoms with Crippen LogP contribution in [0.25, 0.3) is 0 Å². The standard InChI is InChI=1S/C27H31N3O4S/c1-2-35(32,33)30-17-15-29(16-18-30)20-23-9-6-10-24(19-23)27(31)28-25-11-13-26(14-12-25)34-21-22-7-4-3-5-8-22/h3-14,19H,2,15-18,20-21H2,1H3,(H,28,31). The van der Waals surface area contributed by atoms with Gasteiger partial charge in [0, 0.05) is 44.0 Å². The van der Waals surface area contributed by atoms with Gasteiger partial charge in [-0.3, -0.25) is 9.69 Å². The predicted molar refractivity (Wildman–Crippen MR) is 138 cm³/mol. The van der Waals surface area contributed by atoms with Crippen LogP contribution in [0.5, 0.6) is 5.75 Å². The summed E-state index contributed by atoms with van der Waals surface area (Å²) in [6.07, 6.45) is 0. The highest BCUT2D eigenvalue weighted by atomic mass is 32.2. The highest BCUT2D eigenvalue weighted by Crippen LogP contribution is 2.19. The van der Waals surface area contributed by atoms with E-state index in [9.17, 15) is 13.2 Å². The lowest BCUT2D eigenvalue weighted by Gasteiger charge is -2.33. The summed E-state index contributed by atoms with van der Waals surface area (Å²) in [6, 6.07) is 24.8. The Kier molecular flexibility index (Phi) is 8.17. The van der Waals surface area contributed by atoms with Gasteiger partial charge in [-0.2, -0.15) is 4.31 Å². The van der Waals surface area contributed by atoms with Crippen molar-refractivity contribution in [1.82, 2.24) is 9.21 Å². The number of rotatable bonds is 9. The van der Waals surface area contributed by atoms with Crippen LogP contribution in [0.3, 0.4) is 0 Å². The summed E-state index contributed by atoms with van der Waals surface area (Å²) in [4.78, 5) is 15.0. The Balaban J connectivity index is 1.29. The maximum atomic E-state index is 12.8. The summed E-state index contributed by atoms with van der Waals surface area (Å²) in [7, 11) is -3.14. The molecule has 0 saturated carbocycles. The van der Waals surface area contributed by atoms with Crippen LogP contribution in [-0.4, -0.2) is 55.5 Å². The van der Waals surface area contributed by atoms with Gasteiger partial charge in [-0.1, -0.05) is 42.5 Å². The first-order valence-electron chi connectivity index (χ1n) is 11.8. The molecule has 1 fully saturated rings. The van der Waals surface area contributed by atoms with Crippen LogP contribution in [0.2, 0.25) is 0 Å². The van der Waals surface area contributed by atoms with Crippen molar-refractivity contribution in [3.05, 3.63) is 95.6 Å². The third-order valence-corrected chi connectivity index (χ3v) is 7.93. The fraction of sp³-hybridized carbons (Fsp3) is 0.296. The van der Waals surface area contributed by atoms with Gasteiger partial charge < -0.3 is 10.1 Å². The molecular weight excluding hydrogens is 462 g/mol. The second-order valence-corrected chi connectivity index (χ2v) is 10.8. The van der Waals surface area contributed by atoms with Crippen molar-refractivity contribution >= 4 is 21.6 Å². The molecule has 8 heteroatoms. The molecule has 1 N–H and O–H groups in total.